The fourth-order valence-corrected chi connectivity index (χ4v) is 2.66. The summed E-state index contributed by atoms with van der Waals surface area (Å²) in [6.07, 6.45) is 0. The van der Waals surface area contributed by atoms with E-state index in [4.69, 9.17) is 9.47 Å². The maximum Gasteiger partial charge on any atom is 0.124 e. The van der Waals surface area contributed by atoms with E-state index < -0.39 is 0 Å². The molecular formula is C17H19NO2. The van der Waals surface area contributed by atoms with Crippen LogP contribution >= 0.6 is 0 Å². The molecule has 3 rings (SSSR count). The van der Waals surface area contributed by atoms with Gasteiger partial charge in [0.2, 0.25) is 0 Å². The zero-order chi connectivity index (χ0) is 13.8. The fourth-order valence-electron chi connectivity index (χ4n) is 2.66. The van der Waals surface area contributed by atoms with Crippen LogP contribution in [0.1, 0.15) is 22.7 Å². The topological polar surface area (TPSA) is 30.5 Å². The van der Waals surface area contributed by atoms with Crippen molar-refractivity contribution in [1.29, 1.82) is 0 Å². The summed E-state index contributed by atoms with van der Waals surface area (Å²) in [4.78, 5) is 0. The number of benzene rings is 2. The molecule has 0 spiro atoms. The molecule has 0 aromatic heterocycles. The van der Waals surface area contributed by atoms with Gasteiger partial charge in [-0.15, -0.1) is 0 Å². The van der Waals surface area contributed by atoms with E-state index in [1.165, 1.54) is 16.7 Å². The first kappa shape index (κ1) is 13.2. The van der Waals surface area contributed by atoms with Gasteiger partial charge in [0, 0.05) is 19.2 Å². The lowest BCUT2D eigenvalue weighted by Crippen LogP contribution is -2.15. The molecule has 0 radical (unpaired) electrons. The van der Waals surface area contributed by atoms with Gasteiger partial charge < -0.3 is 14.8 Å². The summed E-state index contributed by atoms with van der Waals surface area (Å²) in [5.41, 5.74) is 3.90. The molecule has 2 aromatic carbocycles. The van der Waals surface area contributed by atoms with E-state index in [9.17, 15) is 0 Å². The Bertz CT molecular complexity index is 583. The van der Waals surface area contributed by atoms with Crippen molar-refractivity contribution < 1.29 is 9.47 Å². The Hall–Kier alpha value is -1.84. The second-order valence-electron chi connectivity index (χ2n) is 4.89. The molecule has 3 heteroatoms. The van der Waals surface area contributed by atoms with E-state index in [0.717, 1.165) is 12.3 Å². The van der Waals surface area contributed by atoms with E-state index in [0.29, 0.717) is 13.2 Å². The van der Waals surface area contributed by atoms with Crippen molar-refractivity contribution in [2.24, 2.45) is 0 Å². The number of hydrogen-bond donors (Lipinski definition) is 1. The van der Waals surface area contributed by atoms with E-state index in [1.54, 1.807) is 7.11 Å². The average Bonchev–Trinajstić information content (AvgIpc) is 2.92. The normalized spacial score (nSPS) is 16.9. The summed E-state index contributed by atoms with van der Waals surface area (Å²) in [5.74, 6) is 0.929. The molecule has 1 aliphatic rings. The summed E-state index contributed by atoms with van der Waals surface area (Å²) in [6, 6.07) is 17.0. The lowest BCUT2D eigenvalue weighted by Gasteiger charge is -2.17. The number of hydrogen-bond acceptors (Lipinski definition) is 3. The Balaban J connectivity index is 1.87. The molecular weight excluding hydrogens is 250 g/mol. The number of fused-ring (bicyclic) bond motifs is 1. The van der Waals surface area contributed by atoms with Gasteiger partial charge in [0.05, 0.1) is 12.6 Å². The van der Waals surface area contributed by atoms with Crippen LogP contribution in [0, 0.1) is 0 Å². The summed E-state index contributed by atoms with van der Waals surface area (Å²) in [5, 5.41) is 3.56. The summed E-state index contributed by atoms with van der Waals surface area (Å²) >= 11 is 0. The first-order chi connectivity index (χ1) is 9.90. The molecule has 0 saturated heterocycles. The van der Waals surface area contributed by atoms with Crippen LogP contribution in [0.5, 0.6) is 5.75 Å². The lowest BCUT2D eigenvalue weighted by molar-refractivity contribution is 0.145. The summed E-state index contributed by atoms with van der Waals surface area (Å²) < 4.78 is 10.9. The van der Waals surface area contributed by atoms with Crippen molar-refractivity contribution in [1.82, 2.24) is 5.32 Å². The van der Waals surface area contributed by atoms with Gasteiger partial charge in [-0.1, -0.05) is 42.5 Å². The minimum Gasteiger partial charge on any atom is -0.491 e. The highest BCUT2D eigenvalue weighted by Crippen LogP contribution is 2.35. The van der Waals surface area contributed by atoms with Gasteiger partial charge in [0.1, 0.15) is 12.4 Å². The van der Waals surface area contributed by atoms with Crippen LogP contribution in [0.4, 0.5) is 0 Å². The molecule has 1 aliphatic heterocycles. The standard InChI is InChI=1S/C17H19NO2/c1-19-10-11-20-16-9-5-4-8-15(16)17-14-7-3-2-6-13(14)12-18-17/h2-9,17-18H,10-12H2,1H3. The molecule has 1 atom stereocenters. The maximum absolute atomic E-state index is 5.84. The van der Waals surface area contributed by atoms with Crippen LogP contribution in [-0.4, -0.2) is 20.3 Å². The fraction of sp³-hybridized carbons (Fsp3) is 0.294. The Labute approximate surface area is 119 Å². The third kappa shape index (κ3) is 2.55. The van der Waals surface area contributed by atoms with Gasteiger partial charge in [0.15, 0.2) is 0 Å². The van der Waals surface area contributed by atoms with Crippen LogP contribution in [0.15, 0.2) is 48.5 Å². The van der Waals surface area contributed by atoms with Gasteiger partial charge in [0.25, 0.3) is 0 Å². The molecule has 1 N–H and O–H groups in total. The van der Waals surface area contributed by atoms with E-state index >= 15 is 0 Å². The molecule has 2 aromatic rings. The van der Waals surface area contributed by atoms with Crippen molar-refractivity contribution in [3.63, 3.8) is 0 Å². The Morgan fingerprint density at radius 1 is 1.00 bits per heavy atom. The number of para-hydroxylation sites is 1. The van der Waals surface area contributed by atoms with Crippen LogP contribution < -0.4 is 10.1 Å². The molecule has 0 amide bonds. The smallest absolute Gasteiger partial charge is 0.124 e. The number of methoxy groups -OCH3 is 1. The molecule has 0 fully saturated rings. The van der Waals surface area contributed by atoms with Crippen LogP contribution in [-0.2, 0) is 11.3 Å². The average molecular weight is 269 g/mol. The van der Waals surface area contributed by atoms with Crippen LogP contribution in [0.3, 0.4) is 0 Å². The largest absolute Gasteiger partial charge is 0.491 e. The monoisotopic (exact) mass is 269 g/mol. The predicted molar refractivity (Wildman–Crippen MR) is 78.9 cm³/mol. The summed E-state index contributed by atoms with van der Waals surface area (Å²) in [6.45, 7) is 2.08. The maximum atomic E-state index is 5.84. The molecule has 0 bridgehead atoms. The third-order valence-electron chi connectivity index (χ3n) is 3.64. The van der Waals surface area contributed by atoms with Crippen molar-refractivity contribution >= 4 is 0 Å². The molecule has 1 heterocycles. The van der Waals surface area contributed by atoms with Gasteiger partial charge in [-0.05, 0) is 17.2 Å². The van der Waals surface area contributed by atoms with Crippen LogP contribution in [0.2, 0.25) is 0 Å². The van der Waals surface area contributed by atoms with Gasteiger partial charge in [-0.2, -0.15) is 0 Å². The molecule has 3 nitrogen and oxygen atoms in total. The highest BCUT2D eigenvalue weighted by Gasteiger charge is 2.25. The van der Waals surface area contributed by atoms with Gasteiger partial charge in [-0.25, -0.2) is 0 Å². The molecule has 0 aliphatic carbocycles. The SMILES string of the molecule is COCCOc1ccccc1C1NCc2ccccc21. The molecule has 104 valence electrons. The highest BCUT2D eigenvalue weighted by molar-refractivity contribution is 5.46. The minimum absolute atomic E-state index is 0.213. The lowest BCUT2D eigenvalue weighted by atomic mass is 9.98. The van der Waals surface area contributed by atoms with Crippen molar-refractivity contribution in [3.8, 4) is 5.75 Å². The molecule has 1 unspecified atom stereocenters. The van der Waals surface area contributed by atoms with E-state index in [-0.39, 0.29) is 6.04 Å². The third-order valence-corrected chi connectivity index (χ3v) is 3.64. The first-order valence-electron chi connectivity index (χ1n) is 6.92. The number of nitrogens with one attached hydrogen (secondary N) is 1. The molecule has 20 heavy (non-hydrogen) atoms. The Morgan fingerprint density at radius 3 is 2.60 bits per heavy atom. The van der Waals surface area contributed by atoms with Crippen molar-refractivity contribution in [3.05, 3.63) is 65.2 Å². The molecule has 0 saturated carbocycles. The van der Waals surface area contributed by atoms with E-state index in [2.05, 4.69) is 41.7 Å². The minimum atomic E-state index is 0.213. The Morgan fingerprint density at radius 2 is 1.75 bits per heavy atom. The quantitative estimate of drug-likeness (QED) is 0.847. The van der Waals surface area contributed by atoms with E-state index in [1.807, 2.05) is 12.1 Å². The number of rotatable bonds is 5. The zero-order valence-electron chi connectivity index (χ0n) is 11.6. The second-order valence-corrected chi connectivity index (χ2v) is 4.89. The van der Waals surface area contributed by atoms with Crippen LogP contribution in [0.25, 0.3) is 0 Å². The number of ether oxygens (including phenoxy) is 2. The zero-order valence-corrected chi connectivity index (χ0v) is 11.6. The van der Waals surface area contributed by atoms with Gasteiger partial charge in [-0.3, -0.25) is 0 Å². The summed E-state index contributed by atoms with van der Waals surface area (Å²) in [7, 11) is 1.68. The van der Waals surface area contributed by atoms with Crippen molar-refractivity contribution in [2.45, 2.75) is 12.6 Å². The van der Waals surface area contributed by atoms with Gasteiger partial charge >= 0.3 is 0 Å². The Kier molecular flexibility index (Phi) is 4.00. The first-order valence-corrected chi connectivity index (χ1v) is 6.92. The highest BCUT2D eigenvalue weighted by atomic mass is 16.5. The second kappa shape index (κ2) is 6.07. The van der Waals surface area contributed by atoms with Crippen molar-refractivity contribution in [2.75, 3.05) is 20.3 Å². The predicted octanol–water partition coefficient (Wildman–Crippen LogP) is 2.90.